The number of hydrogen-bond acceptors (Lipinski definition) is 2. The maximum Gasteiger partial charge on any atom is 0.136 e. The molecule has 0 aliphatic rings. The van der Waals surface area contributed by atoms with Crippen molar-refractivity contribution >= 4 is 22.4 Å². The number of fused-ring (bicyclic) bond motifs is 1. The van der Waals surface area contributed by atoms with E-state index in [2.05, 4.69) is 11.1 Å². The lowest BCUT2D eigenvalue weighted by atomic mass is 10.0. The van der Waals surface area contributed by atoms with Gasteiger partial charge in [0.25, 0.3) is 0 Å². The molecular weight excluding hydrogens is 196 g/mol. The number of halogens is 1. The Labute approximate surface area is 86.8 Å². The van der Waals surface area contributed by atoms with Gasteiger partial charge in [0.2, 0.25) is 0 Å². The third-order valence-corrected chi connectivity index (χ3v) is 2.48. The van der Waals surface area contributed by atoms with Crippen molar-refractivity contribution in [3.63, 3.8) is 0 Å². The fraction of sp³-hybridized carbons (Fsp3) is 0.0909. The summed E-state index contributed by atoms with van der Waals surface area (Å²) in [7, 11) is 0. The molecule has 0 radical (unpaired) electrons. The van der Waals surface area contributed by atoms with E-state index in [4.69, 9.17) is 16.9 Å². The summed E-state index contributed by atoms with van der Waals surface area (Å²) >= 11 is 5.93. The van der Waals surface area contributed by atoms with Gasteiger partial charge >= 0.3 is 0 Å². The van der Waals surface area contributed by atoms with Gasteiger partial charge in [-0.3, -0.25) is 0 Å². The summed E-state index contributed by atoms with van der Waals surface area (Å²) in [6, 6.07) is 7.72. The van der Waals surface area contributed by atoms with E-state index in [1.807, 2.05) is 25.1 Å². The first-order chi connectivity index (χ1) is 6.72. The highest BCUT2D eigenvalue weighted by molar-refractivity contribution is 6.34. The molecule has 0 bridgehead atoms. The minimum absolute atomic E-state index is 0.482. The Morgan fingerprint density at radius 1 is 1.43 bits per heavy atom. The molecule has 68 valence electrons. The van der Waals surface area contributed by atoms with E-state index >= 15 is 0 Å². The fourth-order valence-corrected chi connectivity index (χ4v) is 1.63. The van der Waals surface area contributed by atoms with Gasteiger partial charge in [-0.25, -0.2) is 4.98 Å². The minimum atomic E-state index is 0.482. The Balaban J connectivity index is 2.88. The average molecular weight is 203 g/mol. The van der Waals surface area contributed by atoms with Gasteiger partial charge in [-0.05, 0) is 36.1 Å². The smallest absolute Gasteiger partial charge is 0.136 e. The van der Waals surface area contributed by atoms with E-state index in [-0.39, 0.29) is 0 Å². The number of hydrogen-bond donors (Lipinski definition) is 0. The molecule has 0 aliphatic carbocycles. The molecule has 2 nitrogen and oxygen atoms in total. The van der Waals surface area contributed by atoms with Crippen molar-refractivity contribution in [1.82, 2.24) is 4.98 Å². The van der Waals surface area contributed by atoms with E-state index in [9.17, 15) is 0 Å². The van der Waals surface area contributed by atoms with Gasteiger partial charge < -0.3 is 0 Å². The van der Waals surface area contributed by atoms with Crippen LogP contribution in [-0.2, 0) is 0 Å². The summed E-state index contributed by atoms with van der Waals surface area (Å²) in [6.45, 7) is 1.89. The molecule has 0 fully saturated rings. The number of nitrogens with zero attached hydrogens (tertiary/aromatic N) is 2. The Morgan fingerprint density at radius 3 is 2.93 bits per heavy atom. The molecule has 0 saturated carbocycles. The summed E-state index contributed by atoms with van der Waals surface area (Å²) in [6.07, 6.45) is 1.64. The second-order valence-corrected chi connectivity index (χ2v) is 3.46. The number of nitriles is 1. The standard InChI is InChI=1S/C11H7ClN2/c1-7-4-10-8(5-9(7)6-13)2-3-14-11(10)12/h2-5H,1H3. The van der Waals surface area contributed by atoms with Crippen molar-refractivity contribution in [2.24, 2.45) is 0 Å². The number of aromatic nitrogens is 1. The van der Waals surface area contributed by atoms with Crippen molar-refractivity contribution in [3.05, 3.63) is 40.7 Å². The van der Waals surface area contributed by atoms with Crippen LogP contribution in [0.2, 0.25) is 5.15 Å². The zero-order valence-corrected chi connectivity index (χ0v) is 8.34. The third-order valence-electron chi connectivity index (χ3n) is 2.18. The minimum Gasteiger partial charge on any atom is -0.244 e. The van der Waals surface area contributed by atoms with E-state index in [0.717, 1.165) is 16.3 Å². The van der Waals surface area contributed by atoms with Gasteiger partial charge in [-0.2, -0.15) is 5.26 Å². The van der Waals surface area contributed by atoms with Gasteiger partial charge in [0.1, 0.15) is 5.15 Å². The van der Waals surface area contributed by atoms with Crippen LogP contribution >= 0.6 is 11.6 Å². The molecule has 0 unspecified atom stereocenters. The maximum absolute atomic E-state index is 8.85. The van der Waals surface area contributed by atoms with Crippen LogP contribution in [0.4, 0.5) is 0 Å². The van der Waals surface area contributed by atoms with E-state index in [1.165, 1.54) is 0 Å². The van der Waals surface area contributed by atoms with E-state index in [0.29, 0.717) is 10.7 Å². The lowest BCUT2D eigenvalue weighted by Crippen LogP contribution is -1.85. The first-order valence-electron chi connectivity index (χ1n) is 4.17. The lowest BCUT2D eigenvalue weighted by molar-refractivity contribution is 1.35. The summed E-state index contributed by atoms with van der Waals surface area (Å²) < 4.78 is 0. The Bertz CT molecular complexity index is 541. The Hall–Kier alpha value is -1.59. The molecule has 3 heteroatoms. The lowest BCUT2D eigenvalue weighted by Gasteiger charge is -2.02. The predicted molar refractivity (Wildman–Crippen MR) is 56.2 cm³/mol. The van der Waals surface area contributed by atoms with Crippen LogP contribution in [0.3, 0.4) is 0 Å². The van der Waals surface area contributed by atoms with Crippen molar-refractivity contribution in [2.75, 3.05) is 0 Å². The molecule has 14 heavy (non-hydrogen) atoms. The SMILES string of the molecule is Cc1cc2c(Cl)nccc2cc1C#N. The van der Waals surface area contributed by atoms with Crippen LogP contribution in [-0.4, -0.2) is 4.98 Å². The fourth-order valence-electron chi connectivity index (χ4n) is 1.41. The van der Waals surface area contributed by atoms with Gasteiger partial charge in [0.15, 0.2) is 0 Å². The third kappa shape index (κ3) is 1.32. The molecule has 0 atom stereocenters. The zero-order chi connectivity index (χ0) is 10.1. The maximum atomic E-state index is 8.85. The van der Waals surface area contributed by atoms with Crippen molar-refractivity contribution in [3.8, 4) is 6.07 Å². The highest BCUT2D eigenvalue weighted by Gasteiger charge is 2.03. The summed E-state index contributed by atoms with van der Waals surface area (Å²) in [5, 5.41) is 11.2. The van der Waals surface area contributed by atoms with Crippen LogP contribution in [0.5, 0.6) is 0 Å². The molecule has 1 aromatic heterocycles. The number of benzene rings is 1. The second-order valence-electron chi connectivity index (χ2n) is 3.10. The highest BCUT2D eigenvalue weighted by atomic mass is 35.5. The van der Waals surface area contributed by atoms with Gasteiger partial charge in [-0.15, -0.1) is 0 Å². The van der Waals surface area contributed by atoms with Crippen molar-refractivity contribution < 1.29 is 0 Å². The van der Waals surface area contributed by atoms with E-state index < -0.39 is 0 Å². The molecular formula is C11H7ClN2. The Morgan fingerprint density at radius 2 is 2.21 bits per heavy atom. The summed E-state index contributed by atoms with van der Waals surface area (Å²) in [5.41, 5.74) is 1.61. The molecule has 0 N–H and O–H groups in total. The van der Waals surface area contributed by atoms with Crippen LogP contribution in [0.1, 0.15) is 11.1 Å². The topological polar surface area (TPSA) is 36.7 Å². The molecule has 1 heterocycles. The molecule has 0 aliphatic heterocycles. The van der Waals surface area contributed by atoms with Crippen molar-refractivity contribution in [2.45, 2.75) is 6.92 Å². The van der Waals surface area contributed by atoms with Crippen LogP contribution < -0.4 is 0 Å². The van der Waals surface area contributed by atoms with Crippen LogP contribution in [0.25, 0.3) is 10.8 Å². The summed E-state index contributed by atoms with van der Waals surface area (Å²) in [5.74, 6) is 0. The molecule has 0 saturated heterocycles. The van der Waals surface area contributed by atoms with Gasteiger partial charge in [0.05, 0.1) is 11.6 Å². The molecule has 2 rings (SSSR count). The number of pyridine rings is 1. The molecule has 2 aromatic rings. The quantitative estimate of drug-likeness (QED) is 0.616. The zero-order valence-electron chi connectivity index (χ0n) is 7.58. The summed E-state index contributed by atoms with van der Waals surface area (Å²) in [4.78, 5) is 3.99. The molecule has 0 amide bonds. The first-order valence-corrected chi connectivity index (χ1v) is 4.55. The van der Waals surface area contributed by atoms with Gasteiger partial charge in [-0.1, -0.05) is 11.6 Å². The molecule has 1 aromatic carbocycles. The second kappa shape index (κ2) is 3.28. The van der Waals surface area contributed by atoms with Crippen LogP contribution in [0, 0.1) is 18.3 Å². The van der Waals surface area contributed by atoms with Crippen LogP contribution in [0.15, 0.2) is 24.4 Å². The molecule has 0 spiro atoms. The normalized spacial score (nSPS) is 10.1. The number of aryl methyl sites for hydroxylation is 1. The average Bonchev–Trinajstić information content (AvgIpc) is 2.19. The van der Waals surface area contributed by atoms with Gasteiger partial charge in [0, 0.05) is 11.6 Å². The Kier molecular flexibility index (Phi) is 2.11. The number of rotatable bonds is 0. The predicted octanol–water partition coefficient (Wildman–Crippen LogP) is 3.07. The van der Waals surface area contributed by atoms with Crippen molar-refractivity contribution in [1.29, 1.82) is 5.26 Å². The monoisotopic (exact) mass is 202 g/mol. The van der Waals surface area contributed by atoms with E-state index in [1.54, 1.807) is 6.20 Å². The highest BCUT2D eigenvalue weighted by Crippen LogP contribution is 2.24. The largest absolute Gasteiger partial charge is 0.244 e. The first kappa shape index (κ1) is 8.98.